The van der Waals surface area contributed by atoms with E-state index in [1.807, 2.05) is 18.5 Å². The van der Waals surface area contributed by atoms with Gasteiger partial charge in [0.25, 0.3) is 0 Å². The summed E-state index contributed by atoms with van der Waals surface area (Å²) in [5.41, 5.74) is 3.08. The van der Waals surface area contributed by atoms with E-state index >= 15 is 0 Å². The first-order valence-corrected chi connectivity index (χ1v) is 6.52. The van der Waals surface area contributed by atoms with Crippen LogP contribution in [0.3, 0.4) is 0 Å². The molecule has 0 N–H and O–H groups in total. The standard InChI is InChI=1S/C15H21N/c1-2-7-14(8-3-1)9-4-5-10-15-11-6-12-16-13-15/h6-7,11-13H,1-5,8-10H2. The summed E-state index contributed by atoms with van der Waals surface area (Å²) in [7, 11) is 0. The molecule has 0 fully saturated rings. The van der Waals surface area contributed by atoms with Gasteiger partial charge in [-0.3, -0.25) is 4.98 Å². The van der Waals surface area contributed by atoms with Crippen LogP contribution >= 0.6 is 0 Å². The van der Waals surface area contributed by atoms with Crippen LogP contribution in [0.4, 0.5) is 0 Å². The Morgan fingerprint density at radius 3 is 2.81 bits per heavy atom. The molecule has 0 aliphatic heterocycles. The summed E-state index contributed by atoms with van der Waals surface area (Å²) in [6, 6.07) is 4.20. The number of unbranched alkanes of at least 4 members (excludes halogenated alkanes) is 1. The average Bonchev–Trinajstić information content (AvgIpc) is 2.37. The molecule has 0 saturated carbocycles. The van der Waals surface area contributed by atoms with Crippen molar-refractivity contribution in [3.8, 4) is 0 Å². The SMILES string of the molecule is C1=C(CCCCc2cccnc2)CCCC1. The van der Waals surface area contributed by atoms with E-state index in [0.29, 0.717) is 0 Å². The van der Waals surface area contributed by atoms with Gasteiger partial charge in [-0.1, -0.05) is 17.7 Å². The maximum Gasteiger partial charge on any atom is 0.0299 e. The summed E-state index contributed by atoms with van der Waals surface area (Å²) >= 11 is 0. The van der Waals surface area contributed by atoms with Gasteiger partial charge in [-0.15, -0.1) is 0 Å². The van der Waals surface area contributed by atoms with Gasteiger partial charge in [-0.25, -0.2) is 0 Å². The van der Waals surface area contributed by atoms with Crippen molar-refractivity contribution < 1.29 is 0 Å². The first kappa shape index (κ1) is 11.4. The Morgan fingerprint density at radius 1 is 1.12 bits per heavy atom. The minimum Gasteiger partial charge on any atom is -0.264 e. The molecule has 1 aromatic rings. The first-order valence-electron chi connectivity index (χ1n) is 6.52. The quantitative estimate of drug-likeness (QED) is 0.527. The van der Waals surface area contributed by atoms with E-state index in [4.69, 9.17) is 0 Å². The monoisotopic (exact) mass is 215 g/mol. The van der Waals surface area contributed by atoms with Gasteiger partial charge in [-0.05, 0) is 63.0 Å². The van der Waals surface area contributed by atoms with E-state index in [-0.39, 0.29) is 0 Å². The number of nitrogens with zero attached hydrogens (tertiary/aromatic N) is 1. The summed E-state index contributed by atoms with van der Waals surface area (Å²) in [6.07, 6.45) is 16.9. The number of pyridine rings is 1. The van der Waals surface area contributed by atoms with Crippen molar-refractivity contribution in [3.63, 3.8) is 0 Å². The zero-order valence-corrected chi connectivity index (χ0v) is 9.99. The van der Waals surface area contributed by atoms with Crippen LogP contribution in [0.5, 0.6) is 0 Å². The van der Waals surface area contributed by atoms with Crippen molar-refractivity contribution in [2.75, 3.05) is 0 Å². The number of hydrogen-bond acceptors (Lipinski definition) is 1. The Balaban J connectivity index is 1.63. The molecule has 1 aliphatic carbocycles. The van der Waals surface area contributed by atoms with Crippen molar-refractivity contribution >= 4 is 0 Å². The molecule has 0 radical (unpaired) electrons. The van der Waals surface area contributed by atoms with Crippen molar-refractivity contribution in [1.29, 1.82) is 0 Å². The second kappa shape index (κ2) is 6.47. The van der Waals surface area contributed by atoms with Gasteiger partial charge in [0.2, 0.25) is 0 Å². The Labute approximate surface area is 98.6 Å². The molecule has 0 saturated heterocycles. The number of aromatic nitrogens is 1. The highest BCUT2D eigenvalue weighted by Crippen LogP contribution is 2.22. The predicted molar refractivity (Wildman–Crippen MR) is 68.3 cm³/mol. The molecule has 0 atom stereocenters. The molecule has 0 bridgehead atoms. The molecule has 1 heteroatoms. The highest BCUT2D eigenvalue weighted by molar-refractivity contribution is 5.09. The molecule has 1 heterocycles. The average molecular weight is 215 g/mol. The first-order chi connectivity index (χ1) is 7.95. The summed E-state index contributed by atoms with van der Waals surface area (Å²) in [5.74, 6) is 0. The minimum atomic E-state index is 1.18. The number of allylic oxidation sites excluding steroid dienone is 2. The van der Waals surface area contributed by atoms with E-state index in [2.05, 4.69) is 17.1 Å². The summed E-state index contributed by atoms with van der Waals surface area (Å²) in [4.78, 5) is 4.14. The zero-order chi connectivity index (χ0) is 11.1. The smallest absolute Gasteiger partial charge is 0.0299 e. The summed E-state index contributed by atoms with van der Waals surface area (Å²) in [6.45, 7) is 0. The topological polar surface area (TPSA) is 12.9 Å². The van der Waals surface area contributed by atoms with Gasteiger partial charge in [0.1, 0.15) is 0 Å². The Kier molecular flexibility index (Phi) is 4.60. The fraction of sp³-hybridized carbons (Fsp3) is 0.533. The van der Waals surface area contributed by atoms with Crippen LogP contribution < -0.4 is 0 Å². The molecule has 1 aromatic heterocycles. The molecule has 1 aliphatic rings. The minimum absolute atomic E-state index is 1.18. The molecule has 2 rings (SSSR count). The zero-order valence-electron chi connectivity index (χ0n) is 9.99. The lowest BCUT2D eigenvalue weighted by molar-refractivity contribution is 0.643. The van der Waals surface area contributed by atoms with Crippen LogP contribution in [0.15, 0.2) is 36.2 Å². The highest BCUT2D eigenvalue weighted by Gasteiger charge is 2.03. The molecule has 86 valence electrons. The normalized spacial score (nSPS) is 15.9. The van der Waals surface area contributed by atoms with Gasteiger partial charge in [0, 0.05) is 12.4 Å². The van der Waals surface area contributed by atoms with Gasteiger partial charge in [0.15, 0.2) is 0 Å². The van der Waals surface area contributed by atoms with Crippen LogP contribution in [0, 0.1) is 0 Å². The molecule has 0 amide bonds. The molecule has 0 aromatic carbocycles. The molecule has 0 unspecified atom stereocenters. The summed E-state index contributed by atoms with van der Waals surface area (Å²) in [5, 5.41) is 0. The molecular weight excluding hydrogens is 194 g/mol. The second-order valence-electron chi connectivity index (χ2n) is 4.68. The van der Waals surface area contributed by atoms with Crippen molar-refractivity contribution in [2.45, 2.75) is 51.4 Å². The fourth-order valence-corrected chi connectivity index (χ4v) is 2.36. The van der Waals surface area contributed by atoms with E-state index in [0.717, 1.165) is 0 Å². The lowest BCUT2D eigenvalue weighted by Crippen LogP contribution is -1.93. The van der Waals surface area contributed by atoms with E-state index in [9.17, 15) is 0 Å². The predicted octanol–water partition coefficient (Wildman–Crippen LogP) is 4.29. The van der Waals surface area contributed by atoms with Crippen LogP contribution in [0.1, 0.15) is 50.5 Å². The molecule has 1 nitrogen and oxygen atoms in total. The largest absolute Gasteiger partial charge is 0.264 e. The maximum absolute atomic E-state index is 4.14. The third-order valence-electron chi connectivity index (χ3n) is 3.32. The molecule has 0 spiro atoms. The van der Waals surface area contributed by atoms with Crippen LogP contribution in [0.25, 0.3) is 0 Å². The van der Waals surface area contributed by atoms with Crippen LogP contribution in [-0.2, 0) is 6.42 Å². The van der Waals surface area contributed by atoms with E-state index < -0.39 is 0 Å². The number of aryl methyl sites for hydroxylation is 1. The second-order valence-corrected chi connectivity index (χ2v) is 4.68. The molecular formula is C15H21N. The van der Waals surface area contributed by atoms with Crippen molar-refractivity contribution in [2.24, 2.45) is 0 Å². The number of hydrogen-bond donors (Lipinski definition) is 0. The van der Waals surface area contributed by atoms with E-state index in [1.54, 1.807) is 5.57 Å². The van der Waals surface area contributed by atoms with Crippen LogP contribution in [0.2, 0.25) is 0 Å². The maximum atomic E-state index is 4.14. The van der Waals surface area contributed by atoms with Crippen molar-refractivity contribution in [3.05, 3.63) is 41.7 Å². The van der Waals surface area contributed by atoms with E-state index in [1.165, 1.54) is 56.9 Å². The number of rotatable bonds is 5. The highest BCUT2D eigenvalue weighted by atomic mass is 14.6. The Morgan fingerprint density at radius 2 is 2.06 bits per heavy atom. The molecule has 16 heavy (non-hydrogen) atoms. The van der Waals surface area contributed by atoms with Gasteiger partial charge >= 0.3 is 0 Å². The van der Waals surface area contributed by atoms with Crippen LogP contribution in [-0.4, -0.2) is 4.98 Å². The third kappa shape index (κ3) is 3.80. The third-order valence-corrected chi connectivity index (χ3v) is 3.32. The Bertz CT molecular complexity index is 327. The lowest BCUT2D eigenvalue weighted by atomic mass is 9.95. The van der Waals surface area contributed by atoms with Gasteiger partial charge < -0.3 is 0 Å². The summed E-state index contributed by atoms with van der Waals surface area (Å²) < 4.78 is 0. The Hall–Kier alpha value is -1.11. The van der Waals surface area contributed by atoms with Gasteiger partial charge in [-0.2, -0.15) is 0 Å². The van der Waals surface area contributed by atoms with Gasteiger partial charge in [0.05, 0.1) is 0 Å². The lowest BCUT2D eigenvalue weighted by Gasteiger charge is -2.12. The van der Waals surface area contributed by atoms with Crippen molar-refractivity contribution in [1.82, 2.24) is 4.98 Å². The fourth-order valence-electron chi connectivity index (χ4n) is 2.36.